The normalized spacial score (nSPS) is 23.6. The minimum Gasteiger partial charge on any atom is -0.497 e. The highest BCUT2D eigenvalue weighted by Crippen LogP contribution is 2.33. The second kappa shape index (κ2) is 4.23. The number of ether oxygens (including phenoxy) is 2. The maximum Gasteiger partial charge on any atom is 0.324 e. The van der Waals surface area contributed by atoms with Crippen molar-refractivity contribution in [1.29, 1.82) is 5.26 Å². The van der Waals surface area contributed by atoms with Gasteiger partial charge in [0, 0.05) is 6.42 Å². The van der Waals surface area contributed by atoms with Crippen molar-refractivity contribution in [2.75, 3.05) is 7.11 Å². The number of benzene rings is 1. The molecule has 0 spiro atoms. The summed E-state index contributed by atoms with van der Waals surface area (Å²) in [6, 6.07) is 9.24. The molecular formula is C12H11NO3. The van der Waals surface area contributed by atoms with Crippen molar-refractivity contribution in [1.82, 2.24) is 0 Å². The molecule has 1 aliphatic heterocycles. The van der Waals surface area contributed by atoms with Crippen molar-refractivity contribution in [3.8, 4) is 11.8 Å². The number of hydrogen-bond donors (Lipinski definition) is 0. The lowest BCUT2D eigenvalue weighted by Crippen LogP contribution is -2.03. The van der Waals surface area contributed by atoms with Crippen LogP contribution in [0.5, 0.6) is 5.75 Å². The lowest BCUT2D eigenvalue weighted by atomic mass is 10.0. The molecule has 1 aliphatic rings. The van der Waals surface area contributed by atoms with E-state index in [-0.39, 0.29) is 6.10 Å². The lowest BCUT2D eigenvalue weighted by Gasteiger charge is -2.09. The molecule has 2 atom stereocenters. The summed E-state index contributed by atoms with van der Waals surface area (Å²) in [5.74, 6) is -0.305. The molecule has 16 heavy (non-hydrogen) atoms. The molecule has 1 aromatic rings. The summed E-state index contributed by atoms with van der Waals surface area (Å²) in [6.45, 7) is 0. The van der Waals surface area contributed by atoms with Crippen LogP contribution in [0.4, 0.5) is 0 Å². The molecule has 1 fully saturated rings. The van der Waals surface area contributed by atoms with Crippen LogP contribution in [0.2, 0.25) is 0 Å². The fraction of sp³-hybridized carbons (Fsp3) is 0.333. The van der Waals surface area contributed by atoms with E-state index in [4.69, 9.17) is 14.7 Å². The molecule has 0 amide bonds. The summed E-state index contributed by atoms with van der Waals surface area (Å²) in [5.41, 5.74) is 0.895. The predicted octanol–water partition coefficient (Wildman–Crippen LogP) is 1.82. The SMILES string of the molecule is COc1ccc(C2CC(C#N)C(=O)O2)cc1. The van der Waals surface area contributed by atoms with Crippen LogP contribution in [0.1, 0.15) is 18.1 Å². The molecule has 1 heterocycles. The maximum absolute atomic E-state index is 11.2. The minimum absolute atomic E-state index is 0.303. The summed E-state index contributed by atoms with van der Waals surface area (Å²) in [5, 5.41) is 8.71. The zero-order valence-electron chi connectivity index (χ0n) is 8.84. The fourth-order valence-corrected chi connectivity index (χ4v) is 1.71. The Labute approximate surface area is 93.4 Å². The van der Waals surface area contributed by atoms with Crippen LogP contribution < -0.4 is 4.74 Å². The van der Waals surface area contributed by atoms with Crippen molar-refractivity contribution >= 4 is 5.97 Å². The Morgan fingerprint density at radius 1 is 1.44 bits per heavy atom. The van der Waals surface area contributed by atoms with E-state index in [2.05, 4.69) is 0 Å². The molecule has 2 unspecified atom stereocenters. The first kappa shape index (κ1) is 10.5. The van der Waals surface area contributed by atoms with Gasteiger partial charge in [-0.1, -0.05) is 12.1 Å². The lowest BCUT2D eigenvalue weighted by molar-refractivity contribution is -0.143. The van der Waals surface area contributed by atoms with Crippen molar-refractivity contribution in [2.45, 2.75) is 12.5 Å². The zero-order valence-corrected chi connectivity index (χ0v) is 8.84. The van der Waals surface area contributed by atoms with Crippen LogP contribution in [-0.4, -0.2) is 13.1 Å². The van der Waals surface area contributed by atoms with Gasteiger partial charge in [0.05, 0.1) is 13.2 Å². The highest BCUT2D eigenvalue weighted by molar-refractivity contribution is 5.77. The molecule has 0 saturated carbocycles. The molecule has 0 N–H and O–H groups in total. The quantitative estimate of drug-likeness (QED) is 0.709. The van der Waals surface area contributed by atoms with E-state index in [0.717, 1.165) is 11.3 Å². The average molecular weight is 217 g/mol. The number of hydrogen-bond acceptors (Lipinski definition) is 4. The summed E-state index contributed by atoms with van der Waals surface area (Å²) < 4.78 is 10.2. The third-order valence-corrected chi connectivity index (χ3v) is 2.64. The highest BCUT2D eigenvalue weighted by atomic mass is 16.6. The van der Waals surface area contributed by atoms with Crippen molar-refractivity contribution in [3.63, 3.8) is 0 Å². The third kappa shape index (κ3) is 1.84. The van der Waals surface area contributed by atoms with E-state index >= 15 is 0 Å². The number of carbonyl (C=O) groups is 1. The summed E-state index contributed by atoms with van der Waals surface area (Å²) in [7, 11) is 1.59. The molecule has 4 nitrogen and oxygen atoms in total. The third-order valence-electron chi connectivity index (χ3n) is 2.64. The number of carbonyl (C=O) groups excluding carboxylic acids is 1. The average Bonchev–Trinajstić information content (AvgIpc) is 2.71. The number of cyclic esters (lactones) is 1. The summed E-state index contributed by atoms with van der Waals surface area (Å²) in [6.07, 6.45) is 0.129. The maximum atomic E-state index is 11.2. The van der Waals surface area contributed by atoms with Crippen LogP contribution >= 0.6 is 0 Å². The molecule has 1 aromatic carbocycles. The predicted molar refractivity (Wildman–Crippen MR) is 55.5 cm³/mol. The van der Waals surface area contributed by atoms with Crippen LogP contribution in [0, 0.1) is 17.2 Å². The second-order valence-electron chi connectivity index (χ2n) is 3.62. The van der Waals surface area contributed by atoms with Gasteiger partial charge in [-0.3, -0.25) is 4.79 Å². The molecule has 0 radical (unpaired) electrons. The Morgan fingerprint density at radius 3 is 2.62 bits per heavy atom. The Morgan fingerprint density at radius 2 is 2.12 bits per heavy atom. The Hall–Kier alpha value is -2.02. The van der Waals surface area contributed by atoms with Crippen LogP contribution in [0.3, 0.4) is 0 Å². The van der Waals surface area contributed by atoms with Crippen molar-refractivity contribution < 1.29 is 14.3 Å². The molecule has 4 heteroatoms. The largest absolute Gasteiger partial charge is 0.497 e. The Balaban J connectivity index is 2.14. The van der Waals surface area contributed by atoms with Crippen LogP contribution in [-0.2, 0) is 9.53 Å². The van der Waals surface area contributed by atoms with E-state index < -0.39 is 11.9 Å². The fourth-order valence-electron chi connectivity index (χ4n) is 1.71. The van der Waals surface area contributed by atoms with E-state index in [1.54, 1.807) is 7.11 Å². The van der Waals surface area contributed by atoms with Gasteiger partial charge in [-0.2, -0.15) is 5.26 Å². The first-order chi connectivity index (χ1) is 7.74. The van der Waals surface area contributed by atoms with Crippen molar-refractivity contribution in [2.24, 2.45) is 5.92 Å². The number of esters is 1. The molecule has 0 bridgehead atoms. The van der Waals surface area contributed by atoms with Gasteiger partial charge in [0.15, 0.2) is 0 Å². The van der Waals surface area contributed by atoms with E-state index in [1.165, 1.54) is 0 Å². The Bertz CT molecular complexity index is 433. The number of nitriles is 1. The zero-order chi connectivity index (χ0) is 11.5. The van der Waals surface area contributed by atoms with Gasteiger partial charge in [-0.05, 0) is 17.7 Å². The van der Waals surface area contributed by atoms with Gasteiger partial charge in [-0.15, -0.1) is 0 Å². The highest BCUT2D eigenvalue weighted by Gasteiger charge is 2.35. The van der Waals surface area contributed by atoms with Gasteiger partial charge in [0.2, 0.25) is 0 Å². The Kier molecular flexibility index (Phi) is 2.78. The second-order valence-corrected chi connectivity index (χ2v) is 3.62. The molecule has 0 aliphatic carbocycles. The van der Waals surface area contributed by atoms with Gasteiger partial charge >= 0.3 is 5.97 Å². The monoisotopic (exact) mass is 217 g/mol. The van der Waals surface area contributed by atoms with Gasteiger partial charge < -0.3 is 9.47 Å². The smallest absolute Gasteiger partial charge is 0.324 e. The van der Waals surface area contributed by atoms with E-state index in [9.17, 15) is 4.79 Å². The van der Waals surface area contributed by atoms with Crippen LogP contribution in [0.15, 0.2) is 24.3 Å². The number of rotatable bonds is 2. The first-order valence-electron chi connectivity index (χ1n) is 4.98. The van der Waals surface area contributed by atoms with E-state index in [0.29, 0.717) is 6.42 Å². The van der Waals surface area contributed by atoms with Crippen LogP contribution in [0.25, 0.3) is 0 Å². The van der Waals surface area contributed by atoms with Gasteiger partial charge in [0.25, 0.3) is 0 Å². The number of nitrogens with zero attached hydrogens (tertiary/aromatic N) is 1. The van der Waals surface area contributed by atoms with Crippen molar-refractivity contribution in [3.05, 3.63) is 29.8 Å². The summed E-state index contributed by atoms with van der Waals surface area (Å²) >= 11 is 0. The first-order valence-corrected chi connectivity index (χ1v) is 4.98. The van der Waals surface area contributed by atoms with E-state index in [1.807, 2.05) is 30.3 Å². The molecular weight excluding hydrogens is 206 g/mol. The molecule has 2 rings (SSSR count). The number of methoxy groups -OCH3 is 1. The molecule has 1 saturated heterocycles. The van der Waals surface area contributed by atoms with Gasteiger partial charge in [0.1, 0.15) is 17.8 Å². The molecule has 82 valence electrons. The minimum atomic E-state index is -0.632. The van der Waals surface area contributed by atoms with Gasteiger partial charge in [-0.25, -0.2) is 0 Å². The topological polar surface area (TPSA) is 59.3 Å². The standard InChI is InChI=1S/C12H11NO3/c1-15-10-4-2-8(3-5-10)11-6-9(7-13)12(14)16-11/h2-5,9,11H,6H2,1H3. The summed E-state index contributed by atoms with van der Waals surface area (Å²) in [4.78, 5) is 11.2. The molecule has 0 aromatic heterocycles.